The zero-order valence-electron chi connectivity index (χ0n) is 8.35. The van der Waals surface area contributed by atoms with Crippen molar-refractivity contribution in [2.45, 2.75) is 11.1 Å². The molecule has 0 spiro atoms. The maximum absolute atomic E-state index is 11.8. The average molecular weight is 314 g/mol. The van der Waals surface area contributed by atoms with E-state index < -0.39 is 12.7 Å². The maximum Gasteiger partial charge on any atom is 0.401 e. The lowest BCUT2D eigenvalue weighted by Gasteiger charge is -2.08. The Morgan fingerprint density at radius 2 is 1.94 bits per heavy atom. The fourth-order valence-electron chi connectivity index (χ4n) is 1.03. The monoisotopic (exact) mass is 313 g/mol. The second-order valence-corrected chi connectivity index (χ2v) is 5.06. The predicted octanol–water partition coefficient (Wildman–Crippen LogP) is 3.69. The van der Waals surface area contributed by atoms with Gasteiger partial charge in [-0.15, -0.1) is 11.8 Å². The van der Waals surface area contributed by atoms with Crippen molar-refractivity contribution in [3.8, 4) is 0 Å². The Kier molecular flexibility index (Phi) is 5.64. The van der Waals surface area contributed by atoms with Crippen LogP contribution in [-0.4, -0.2) is 25.0 Å². The van der Waals surface area contributed by atoms with Crippen LogP contribution in [0, 0.1) is 0 Å². The minimum atomic E-state index is -4.13. The van der Waals surface area contributed by atoms with Crippen molar-refractivity contribution < 1.29 is 13.2 Å². The molecule has 0 aromatic heterocycles. The molecule has 0 aliphatic heterocycles. The summed E-state index contributed by atoms with van der Waals surface area (Å²) >= 11 is 4.90. The number of halogens is 4. The largest absolute Gasteiger partial charge is 0.401 e. The number of alkyl halides is 3. The summed E-state index contributed by atoms with van der Waals surface area (Å²) < 4.78 is 36.3. The van der Waals surface area contributed by atoms with E-state index >= 15 is 0 Å². The first-order valence-electron chi connectivity index (χ1n) is 4.64. The van der Waals surface area contributed by atoms with Gasteiger partial charge in [0.1, 0.15) is 0 Å². The van der Waals surface area contributed by atoms with Gasteiger partial charge in [-0.2, -0.15) is 13.2 Å². The van der Waals surface area contributed by atoms with E-state index in [0.29, 0.717) is 12.3 Å². The van der Waals surface area contributed by atoms with Gasteiger partial charge >= 0.3 is 6.18 Å². The molecule has 0 amide bonds. The maximum atomic E-state index is 11.8. The van der Waals surface area contributed by atoms with E-state index in [1.54, 1.807) is 0 Å². The molecule has 0 aliphatic carbocycles. The number of hydrogen-bond acceptors (Lipinski definition) is 2. The molecule has 0 radical (unpaired) electrons. The van der Waals surface area contributed by atoms with E-state index in [4.69, 9.17) is 0 Å². The third-order valence-electron chi connectivity index (χ3n) is 1.70. The van der Waals surface area contributed by atoms with Gasteiger partial charge in [0, 0.05) is 21.7 Å². The number of hydrogen-bond donors (Lipinski definition) is 1. The number of rotatable bonds is 5. The molecule has 0 aliphatic rings. The van der Waals surface area contributed by atoms with Crippen molar-refractivity contribution in [2.24, 2.45) is 0 Å². The SMILES string of the molecule is FC(F)(F)CNCCSc1ccccc1Br. The van der Waals surface area contributed by atoms with Crippen LogP contribution in [0.2, 0.25) is 0 Å². The Bertz CT molecular complexity index is 330. The Balaban J connectivity index is 2.19. The summed E-state index contributed by atoms with van der Waals surface area (Å²) in [5.41, 5.74) is 0. The van der Waals surface area contributed by atoms with Crippen LogP contribution >= 0.6 is 27.7 Å². The van der Waals surface area contributed by atoms with Crippen LogP contribution in [0.5, 0.6) is 0 Å². The molecule has 1 aromatic carbocycles. The Labute approximate surface area is 105 Å². The molecule has 16 heavy (non-hydrogen) atoms. The van der Waals surface area contributed by atoms with Gasteiger partial charge in [-0.05, 0) is 28.1 Å². The summed E-state index contributed by atoms with van der Waals surface area (Å²) in [5.74, 6) is 0.610. The lowest BCUT2D eigenvalue weighted by molar-refractivity contribution is -0.124. The molecule has 1 aromatic rings. The van der Waals surface area contributed by atoms with Crippen LogP contribution in [-0.2, 0) is 0 Å². The molecular weight excluding hydrogens is 303 g/mol. The molecule has 0 heterocycles. The molecule has 1 rings (SSSR count). The third-order valence-corrected chi connectivity index (χ3v) is 3.73. The lowest BCUT2D eigenvalue weighted by atomic mass is 10.4. The molecule has 0 saturated heterocycles. The normalized spacial score (nSPS) is 11.8. The summed E-state index contributed by atoms with van der Waals surface area (Å²) in [7, 11) is 0. The van der Waals surface area contributed by atoms with Gasteiger partial charge < -0.3 is 5.32 Å². The van der Waals surface area contributed by atoms with Crippen molar-refractivity contribution in [1.29, 1.82) is 0 Å². The van der Waals surface area contributed by atoms with Gasteiger partial charge in [0.25, 0.3) is 0 Å². The average Bonchev–Trinajstić information content (AvgIpc) is 2.18. The first-order valence-corrected chi connectivity index (χ1v) is 6.42. The highest BCUT2D eigenvalue weighted by atomic mass is 79.9. The molecule has 1 N–H and O–H groups in total. The molecular formula is C10H11BrF3NS. The van der Waals surface area contributed by atoms with Crippen LogP contribution in [0.1, 0.15) is 0 Å². The summed E-state index contributed by atoms with van der Waals surface area (Å²) in [6.07, 6.45) is -4.13. The van der Waals surface area contributed by atoms with Gasteiger partial charge in [0.2, 0.25) is 0 Å². The highest BCUT2D eigenvalue weighted by Gasteiger charge is 2.25. The zero-order chi connectivity index (χ0) is 12.0. The van der Waals surface area contributed by atoms with Gasteiger partial charge in [0.15, 0.2) is 0 Å². The van der Waals surface area contributed by atoms with Crippen molar-refractivity contribution in [3.05, 3.63) is 28.7 Å². The third kappa shape index (κ3) is 5.77. The van der Waals surface area contributed by atoms with Crippen molar-refractivity contribution in [1.82, 2.24) is 5.32 Å². The standard InChI is InChI=1S/C10H11BrF3NS/c11-8-3-1-2-4-9(8)16-6-5-15-7-10(12,13)14/h1-4,15H,5-7H2. The molecule has 0 bridgehead atoms. The molecule has 0 saturated carbocycles. The van der Waals surface area contributed by atoms with Crippen molar-refractivity contribution >= 4 is 27.7 Å². The van der Waals surface area contributed by atoms with Gasteiger partial charge in [0.05, 0.1) is 6.54 Å². The molecule has 0 atom stereocenters. The first-order chi connectivity index (χ1) is 7.49. The Hall–Kier alpha value is -0.200. The van der Waals surface area contributed by atoms with Crippen molar-refractivity contribution in [2.75, 3.05) is 18.8 Å². The van der Waals surface area contributed by atoms with Crippen LogP contribution in [0.25, 0.3) is 0 Å². The van der Waals surface area contributed by atoms with Crippen LogP contribution in [0.15, 0.2) is 33.6 Å². The van der Waals surface area contributed by atoms with E-state index in [-0.39, 0.29) is 0 Å². The first kappa shape index (κ1) is 13.9. The van der Waals surface area contributed by atoms with Crippen LogP contribution in [0.3, 0.4) is 0 Å². The highest BCUT2D eigenvalue weighted by Crippen LogP contribution is 2.26. The minimum Gasteiger partial charge on any atom is -0.308 e. The molecule has 0 unspecified atom stereocenters. The summed E-state index contributed by atoms with van der Waals surface area (Å²) in [6, 6.07) is 7.64. The lowest BCUT2D eigenvalue weighted by Crippen LogP contribution is -2.30. The molecule has 6 heteroatoms. The number of benzene rings is 1. The summed E-state index contributed by atoms with van der Waals surface area (Å²) in [5, 5.41) is 2.35. The number of thioether (sulfide) groups is 1. The topological polar surface area (TPSA) is 12.0 Å². The quantitative estimate of drug-likeness (QED) is 0.657. The molecule has 90 valence electrons. The number of nitrogens with one attached hydrogen (secondary N) is 1. The summed E-state index contributed by atoms with van der Waals surface area (Å²) in [4.78, 5) is 1.04. The van der Waals surface area contributed by atoms with Crippen molar-refractivity contribution in [3.63, 3.8) is 0 Å². The molecule has 1 nitrogen and oxygen atoms in total. The van der Waals surface area contributed by atoms with Crippen LogP contribution < -0.4 is 5.32 Å². The zero-order valence-corrected chi connectivity index (χ0v) is 10.8. The van der Waals surface area contributed by atoms with E-state index in [9.17, 15) is 13.2 Å². The van der Waals surface area contributed by atoms with E-state index in [1.165, 1.54) is 11.8 Å². The Morgan fingerprint density at radius 3 is 2.56 bits per heavy atom. The van der Waals surface area contributed by atoms with E-state index in [0.717, 1.165) is 9.37 Å². The van der Waals surface area contributed by atoms with Gasteiger partial charge in [-0.25, -0.2) is 0 Å². The van der Waals surface area contributed by atoms with Gasteiger partial charge in [-0.3, -0.25) is 0 Å². The highest BCUT2D eigenvalue weighted by molar-refractivity contribution is 9.10. The van der Waals surface area contributed by atoms with Gasteiger partial charge in [-0.1, -0.05) is 12.1 Å². The Morgan fingerprint density at radius 1 is 1.25 bits per heavy atom. The second-order valence-electron chi connectivity index (χ2n) is 3.07. The van der Waals surface area contributed by atoms with E-state index in [2.05, 4.69) is 21.2 Å². The molecule has 0 fully saturated rings. The van der Waals surface area contributed by atoms with E-state index in [1.807, 2.05) is 24.3 Å². The minimum absolute atomic E-state index is 0.339. The fraction of sp³-hybridized carbons (Fsp3) is 0.400. The predicted molar refractivity (Wildman–Crippen MR) is 63.8 cm³/mol. The fourth-order valence-corrected chi connectivity index (χ4v) is 2.50. The van der Waals surface area contributed by atoms with Crippen LogP contribution in [0.4, 0.5) is 13.2 Å². The second kappa shape index (κ2) is 6.51. The summed E-state index contributed by atoms with van der Waals surface area (Å²) in [6.45, 7) is -0.588. The smallest absolute Gasteiger partial charge is 0.308 e.